The number of carbonyl (C=O) groups is 1. The van der Waals surface area contributed by atoms with E-state index < -0.39 is 5.97 Å². The Labute approximate surface area is 124 Å². The van der Waals surface area contributed by atoms with Gasteiger partial charge in [-0.25, -0.2) is 4.79 Å². The lowest BCUT2D eigenvalue weighted by molar-refractivity contribution is 0.0697. The fourth-order valence-corrected chi connectivity index (χ4v) is 2.26. The number of nitrogens with zero attached hydrogens (tertiary/aromatic N) is 1. The van der Waals surface area contributed by atoms with E-state index >= 15 is 0 Å². The van der Waals surface area contributed by atoms with Crippen LogP contribution in [0.4, 0.5) is 11.4 Å². The van der Waals surface area contributed by atoms with Gasteiger partial charge in [0, 0.05) is 24.5 Å². The van der Waals surface area contributed by atoms with E-state index in [0.717, 1.165) is 36.4 Å². The number of anilines is 2. The molecule has 0 fully saturated rings. The minimum Gasteiger partial charge on any atom is -0.478 e. The van der Waals surface area contributed by atoms with Gasteiger partial charge in [0.15, 0.2) is 0 Å². The van der Waals surface area contributed by atoms with Gasteiger partial charge in [-0.05, 0) is 42.3 Å². The molecular weight excluding hydrogens is 264 g/mol. The number of rotatable bonds is 6. The minimum atomic E-state index is -0.900. The highest BCUT2D eigenvalue weighted by Crippen LogP contribution is 2.20. The summed E-state index contributed by atoms with van der Waals surface area (Å²) in [5.74, 6) is -0.900. The van der Waals surface area contributed by atoms with Crippen molar-refractivity contribution < 1.29 is 9.90 Å². The molecule has 21 heavy (non-hydrogen) atoms. The minimum absolute atomic E-state index is 0.310. The summed E-state index contributed by atoms with van der Waals surface area (Å²) >= 11 is 0. The lowest BCUT2D eigenvalue weighted by atomic mass is 10.1. The van der Waals surface area contributed by atoms with Crippen LogP contribution in [0.25, 0.3) is 0 Å². The van der Waals surface area contributed by atoms with Crippen molar-refractivity contribution in [3.63, 3.8) is 0 Å². The molecule has 4 heteroatoms. The number of benzene rings is 2. The second-order valence-electron chi connectivity index (χ2n) is 5.02. The van der Waals surface area contributed by atoms with Crippen LogP contribution in [0.1, 0.15) is 29.3 Å². The second-order valence-corrected chi connectivity index (χ2v) is 5.02. The van der Waals surface area contributed by atoms with Crippen molar-refractivity contribution in [3.8, 4) is 0 Å². The Morgan fingerprint density at radius 2 is 1.90 bits per heavy atom. The van der Waals surface area contributed by atoms with Crippen LogP contribution in [0.5, 0.6) is 0 Å². The largest absolute Gasteiger partial charge is 0.478 e. The van der Waals surface area contributed by atoms with Crippen molar-refractivity contribution in [2.45, 2.75) is 19.9 Å². The molecular formula is C17H20N2O2. The Bertz CT molecular complexity index is 608. The van der Waals surface area contributed by atoms with Crippen LogP contribution in [-0.2, 0) is 6.54 Å². The monoisotopic (exact) mass is 284 g/mol. The molecule has 0 saturated heterocycles. The topological polar surface area (TPSA) is 66.6 Å². The summed E-state index contributed by atoms with van der Waals surface area (Å²) in [5, 5.41) is 8.93. The first-order chi connectivity index (χ1) is 10.1. The Balaban J connectivity index is 2.17. The molecule has 2 aromatic rings. The maximum atomic E-state index is 10.9. The van der Waals surface area contributed by atoms with Gasteiger partial charge in [-0.2, -0.15) is 0 Å². The van der Waals surface area contributed by atoms with E-state index in [0.29, 0.717) is 5.56 Å². The highest BCUT2D eigenvalue weighted by molar-refractivity contribution is 5.87. The Kier molecular flexibility index (Phi) is 4.82. The van der Waals surface area contributed by atoms with E-state index in [4.69, 9.17) is 10.8 Å². The van der Waals surface area contributed by atoms with Gasteiger partial charge in [0.05, 0.1) is 5.56 Å². The number of carboxylic acids is 1. The zero-order valence-electron chi connectivity index (χ0n) is 12.1. The first-order valence-electron chi connectivity index (χ1n) is 7.03. The van der Waals surface area contributed by atoms with Crippen LogP contribution >= 0.6 is 0 Å². The van der Waals surface area contributed by atoms with E-state index in [-0.39, 0.29) is 0 Å². The van der Waals surface area contributed by atoms with E-state index in [2.05, 4.69) is 11.8 Å². The van der Waals surface area contributed by atoms with Crippen molar-refractivity contribution in [2.75, 3.05) is 17.2 Å². The Morgan fingerprint density at radius 3 is 2.48 bits per heavy atom. The SMILES string of the molecule is CCCN(Cc1ccc(C(=O)O)cc1)c1cccc(N)c1. The molecule has 0 aliphatic carbocycles. The van der Waals surface area contributed by atoms with Gasteiger partial charge in [-0.15, -0.1) is 0 Å². The van der Waals surface area contributed by atoms with Gasteiger partial charge >= 0.3 is 5.97 Å². The van der Waals surface area contributed by atoms with Crippen LogP contribution in [0.2, 0.25) is 0 Å². The summed E-state index contributed by atoms with van der Waals surface area (Å²) in [6, 6.07) is 14.8. The zero-order chi connectivity index (χ0) is 15.2. The van der Waals surface area contributed by atoms with Crippen molar-refractivity contribution in [2.24, 2.45) is 0 Å². The second kappa shape index (κ2) is 6.79. The quantitative estimate of drug-likeness (QED) is 0.798. The van der Waals surface area contributed by atoms with E-state index in [1.54, 1.807) is 12.1 Å². The third kappa shape index (κ3) is 3.99. The number of aromatic carboxylic acids is 1. The predicted octanol–water partition coefficient (Wildman–Crippen LogP) is 3.38. The summed E-state index contributed by atoms with van der Waals surface area (Å²) in [6.45, 7) is 3.79. The van der Waals surface area contributed by atoms with Crippen molar-refractivity contribution in [3.05, 3.63) is 59.7 Å². The predicted molar refractivity (Wildman–Crippen MR) is 85.6 cm³/mol. The molecule has 4 nitrogen and oxygen atoms in total. The van der Waals surface area contributed by atoms with Gasteiger partial charge in [0.25, 0.3) is 0 Å². The number of nitrogens with two attached hydrogens (primary N) is 1. The van der Waals surface area contributed by atoms with Crippen molar-refractivity contribution in [1.82, 2.24) is 0 Å². The van der Waals surface area contributed by atoms with E-state index in [1.807, 2.05) is 36.4 Å². The number of carboxylic acid groups (broad SMARTS) is 1. The maximum Gasteiger partial charge on any atom is 0.335 e. The standard InChI is InChI=1S/C17H20N2O2/c1-2-10-19(16-5-3-4-15(18)11-16)12-13-6-8-14(9-7-13)17(20)21/h3-9,11H,2,10,12,18H2,1H3,(H,20,21). The smallest absolute Gasteiger partial charge is 0.335 e. The molecule has 0 saturated carbocycles. The molecule has 0 amide bonds. The van der Waals surface area contributed by atoms with Crippen molar-refractivity contribution >= 4 is 17.3 Å². The molecule has 2 aromatic carbocycles. The van der Waals surface area contributed by atoms with Crippen LogP contribution in [0.15, 0.2) is 48.5 Å². The van der Waals surface area contributed by atoms with Gasteiger partial charge in [0.1, 0.15) is 0 Å². The number of nitrogen functional groups attached to an aromatic ring is 1. The van der Waals surface area contributed by atoms with Crippen LogP contribution < -0.4 is 10.6 Å². The molecule has 0 aliphatic rings. The lowest BCUT2D eigenvalue weighted by Crippen LogP contribution is -2.23. The van der Waals surface area contributed by atoms with E-state index in [9.17, 15) is 4.79 Å². The maximum absolute atomic E-state index is 10.9. The summed E-state index contributed by atoms with van der Waals surface area (Å²) in [6.07, 6.45) is 1.03. The highest BCUT2D eigenvalue weighted by Gasteiger charge is 2.08. The fraction of sp³-hybridized carbons (Fsp3) is 0.235. The highest BCUT2D eigenvalue weighted by atomic mass is 16.4. The van der Waals surface area contributed by atoms with E-state index in [1.165, 1.54) is 0 Å². The molecule has 0 spiro atoms. The average Bonchev–Trinajstić information content (AvgIpc) is 2.47. The summed E-state index contributed by atoms with van der Waals surface area (Å²) in [7, 11) is 0. The van der Waals surface area contributed by atoms with Crippen molar-refractivity contribution in [1.29, 1.82) is 0 Å². The molecule has 0 heterocycles. The van der Waals surface area contributed by atoms with Crippen LogP contribution in [0.3, 0.4) is 0 Å². The van der Waals surface area contributed by atoms with Gasteiger partial charge in [-0.1, -0.05) is 25.1 Å². The third-order valence-electron chi connectivity index (χ3n) is 3.30. The summed E-state index contributed by atoms with van der Waals surface area (Å²) in [4.78, 5) is 13.1. The Morgan fingerprint density at radius 1 is 1.19 bits per heavy atom. The van der Waals surface area contributed by atoms with Crippen LogP contribution in [0, 0.1) is 0 Å². The molecule has 0 atom stereocenters. The molecule has 0 radical (unpaired) electrons. The van der Waals surface area contributed by atoms with Gasteiger partial charge in [-0.3, -0.25) is 0 Å². The first kappa shape index (κ1) is 14.9. The number of hydrogen-bond donors (Lipinski definition) is 2. The lowest BCUT2D eigenvalue weighted by Gasteiger charge is -2.25. The Hall–Kier alpha value is -2.49. The molecule has 2 rings (SSSR count). The van der Waals surface area contributed by atoms with Crippen LogP contribution in [-0.4, -0.2) is 17.6 Å². The number of hydrogen-bond acceptors (Lipinski definition) is 3. The molecule has 0 aliphatic heterocycles. The molecule has 0 unspecified atom stereocenters. The first-order valence-corrected chi connectivity index (χ1v) is 7.03. The molecule has 110 valence electrons. The summed E-state index contributed by atoms with van der Waals surface area (Å²) < 4.78 is 0. The molecule has 0 bridgehead atoms. The molecule has 0 aromatic heterocycles. The van der Waals surface area contributed by atoms with Gasteiger partial charge in [0.2, 0.25) is 0 Å². The fourth-order valence-electron chi connectivity index (χ4n) is 2.26. The summed E-state index contributed by atoms with van der Waals surface area (Å²) in [5.41, 5.74) is 9.06. The third-order valence-corrected chi connectivity index (χ3v) is 3.30. The zero-order valence-corrected chi connectivity index (χ0v) is 12.1. The normalized spacial score (nSPS) is 10.3. The van der Waals surface area contributed by atoms with Gasteiger partial charge < -0.3 is 15.7 Å². The average molecular weight is 284 g/mol. The molecule has 3 N–H and O–H groups in total.